The maximum Gasteiger partial charge on any atom is 0.230 e. The van der Waals surface area contributed by atoms with Crippen molar-refractivity contribution in [3.8, 4) is 0 Å². The van der Waals surface area contributed by atoms with Gasteiger partial charge >= 0.3 is 0 Å². The number of benzene rings is 2. The van der Waals surface area contributed by atoms with Gasteiger partial charge in [0, 0.05) is 18.7 Å². The quantitative estimate of drug-likeness (QED) is 0.602. The minimum Gasteiger partial charge on any atom is -0.351 e. The first-order chi connectivity index (χ1) is 12.6. The van der Waals surface area contributed by atoms with E-state index in [0.717, 1.165) is 25.8 Å². The van der Waals surface area contributed by atoms with E-state index in [1.54, 1.807) is 0 Å². The third-order valence-corrected chi connectivity index (χ3v) is 5.79. The third kappa shape index (κ3) is 5.06. The number of fused-ring (bicyclic) bond motifs is 1. The Bertz CT molecular complexity index is 910. The largest absolute Gasteiger partial charge is 0.351 e. The second-order valence-electron chi connectivity index (χ2n) is 5.62. The number of aromatic nitrogens is 1. The molecule has 3 aromatic rings. The number of amides is 2. The van der Waals surface area contributed by atoms with Gasteiger partial charge in [-0.2, -0.15) is 0 Å². The van der Waals surface area contributed by atoms with E-state index in [-0.39, 0.29) is 11.8 Å². The maximum absolute atomic E-state index is 12.0. The summed E-state index contributed by atoms with van der Waals surface area (Å²) in [6, 6.07) is 15.5. The average molecular weight is 386 g/mol. The Balaban J connectivity index is 1.55. The average Bonchev–Trinajstić information content (AvgIpc) is 3.07. The second kappa shape index (κ2) is 8.82. The number of rotatable bonds is 7. The van der Waals surface area contributed by atoms with Crippen molar-refractivity contribution >= 4 is 50.8 Å². The van der Waals surface area contributed by atoms with Crippen LogP contribution in [-0.2, 0) is 16.1 Å². The lowest BCUT2D eigenvalue weighted by Crippen LogP contribution is -2.24. The highest BCUT2D eigenvalue weighted by atomic mass is 32.2. The minimum absolute atomic E-state index is 0.0152. The van der Waals surface area contributed by atoms with Crippen molar-refractivity contribution in [3.05, 3.63) is 54.1 Å². The normalized spacial score (nSPS) is 10.7. The van der Waals surface area contributed by atoms with Crippen LogP contribution >= 0.6 is 23.1 Å². The van der Waals surface area contributed by atoms with Crippen LogP contribution in [0.2, 0.25) is 0 Å². The number of hydrogen-bond acceptors (Lipinski definition) is 5. The Labute approximate surface area is 160 Å². The molecular formula is C19H19N3O2S2. The van der Waals surface area contributed by atoms with Crippen molar-refractivity contribution in [2.45, 2.75) is 24.2 Å². The summed E-state index contributed by atoms with van der Waals surface area (Å²) in [7, 11) is 0. The minimum atomic E-state index is -0.0194. The maximum atomic E-state index is 12.0. The van der Waals surface area contributed by atoms with Crippen LogP contribution in [-0.4, -0.2) is 22.6 Å². The van der Waals surface area contributed by atoms with Crippen molar-refractivity contribution in [1.82, 2.24) is 10.3 Å². The summed E-state index contributed by atoms with van der Waals surface area (Å²) in [4.78, 5) is 28.0. The molecule has 2 aromatic carbocycles. The molecular weight excluding hydrogens is 366 g/mol. The van der Waals surface area contributed by atoms with Gasteiger partial charge in [0.2, 0.25) is 11.8 Å². The molecule has 5 nitrogen and oxygen atoms in total. The molecule has 3 rings (SSSR count). The fourth-order valence-electron chi connectivity index (χ4n) is 2.27. The third-order valence-electron chi connectivity index (χ3n) is 3.63. The first-order valence-corrected chi connectivity index (χ1v) is 10.1. The van der Waals surface area contributed by atoms with Gasteiger partial charge < -0.3 is 10.6 Å². The summed E-state index contributed by atoms with van der Waals surface area (Å²) in [6.45, 7) is 2.35. The lowest BCUT2D eigenvalue weighted by molar-refractivity contribution is -0.118. The van der Waals surface area contributed by atoms with Gasteiger partial charge in [-0.15, -0.1) is 11.3 Å². The molecule has 0 aliphatic rings. The van der Waals surface area contributed by atoms with Crippen LogP contribution in [0.1, 0.15) is 18.9 Å². The Morgan fingerprint density at radius 1 is 1.12 bits per heavy atom. The van der Waals surface area contributed by atoms with Crippen LogP contribution in [0.4, 0.5) is 5.69 Å². The van der Waals surface area contributed by atoms with E-state index in [2.05, 4.69) is 15.6 Å². The number of anilines is 1. The number of nitrogens with one attached hydrogen (secondary N) is 2. The molecule has 1 heterocycles. The van der Waals surface area contributed by atoms with Crippen LogP contribution in [0.25, 0.3) is 10.2 Å². The standard InChI is InChI=1S/C19H19N3O2S2/c1-2-17(23)21-14-8-9-15-16(10-14)26-19(22-15)25-12-18(24)20-11-13-6-4-3-5-7-13/h3-10H,2,11-12H2,1H3,(H,20,24)(H,21,23). The van der Waals surface area contributed by atoms with Crippen molar-refractivity contribution < 1.29 is 9.59 Å². The molecule has 0 unspecified atom stereocenters. The molecule has 0 aliphatic heterocycles. The van der Waals surface area contributed by atoms with Gasteiger partial charge in [-0.1, -0.05) is 49.0 Å². The topological polar surface area (TPSA) is 71.1 Å². The summed E-state index contributed by atoms with van der Waals surface area (Å²) in [6.07, 6.45) is 0.444. The molecule has 26 heavy (non-hydrogen) atoms. The highest BCUT2D eigenvalue weighted by molar-refractivity contribution is 8.01. The van der Waals surface area contributed by atoms with E-state index in [1.807, 2.05) is 55.5 Å². The van der Waals surface area contributed by atoms with Crippen LogP contribution in [0.5, 0.6) is 0 Å². The highest BCUT2D eigenvalue weighted by Crippen LogP contribution is 2.31. The molecule has 0 bridgehead atoms. The first kappa shape index (κ1) is 18.4. The fourth-order valence-corrected chi connectivity index (χ4v) is 4.20. The molecule has 0 aliphatic carbocycles. The molecule has 2 N–H and O–H groups in total. The number of thioether (sulfide) groups is 1. The number of carbonyl (C=O) groups excluding carboxylic acids is 2. The van der Waals surface area contributed by atoms with Crippen LogP contribution in [0, 0.1) is 0 Å². The predicted molar refractivity (Wildman–Crippen MR) is 108 cm³/mol. The van der Waals surface area contributed by atoms with E-state index >= 15 is 0 Å². The molecule has 1 aromatic heterocycles. The lowest BCUT2D eigenvalue weighted by Gasteiger charge is -2.03. The lowest BCUT2D eigenvalue weighted by atomic mass is 10.2. The number of hydrogen-bond donors (Lipinski definition) is 2. The molecule has 0 saturated carbocycles. The van der Waals surface area contributed by atoms with Gasteiger partial charge in [0.25, 0.3) is 0 Å². The molecule has 0 atom stereocenters. The Morgan fingerprint density at radius 3 is 2.69 bits per heavy atom. The van der Waals surface area contributed by atoms with Gasteiger partial charge in [0.15, 0.2) is 4.34 Å². The molecule has 0 saturated heterocycles. The first-order valence-electron chi connectivity index (χ1n) is 8.28. The zero-order valence-electron chi connectivity index (χ0n) is 14.3. The monoisotopic (exact) mass is 385 g/mol. The SMILES string of the molecule is CCC(=O)Nc1ccc2nc(SCC(=O)NCc3ccccc3)sc2c1. The van der Waals surface area contributed by atoms with Crippen molar-refractivity contribution in [2.24, 2.45) is 0 Å². The molecule has 7 heteroatoms. The summed E-state index contributed by atoms with van der Waals surface area (Å²) in [5.74, 6) is 0.291. The Morgan fingerprint density at radius 2 is 1.92 bits per heavy atom. The van der Waals surface area contributed by atoms with E-state index in [9.17, 15) is 9.59 Å². The predicted octanol–water partition coefficient (Wildman–Crippen LogP) is 4.05. The van der Waals surface area contributed by atoms with Gasteiger partial charge in [-0.25, -0.2) is 4.98 Å². The van der Waals surface area contributed by atoms with Gasteiger partial charge in [0.1, 0.15) is 0 Å². The van der Waals surface area contributed by atoms with E-state index in [0.29, 0.717) is 18.7 Å². The van der Waals surface area contributed by atoms with E-state index in [1.165, 1.54) is 23.1 Å². The van der Waals surface area contributed by atoms with Crippen molar-refractivity contribution in [1.29, 1.82) is 0 Å². The Kier molecular flexibility index (Phi) is 6.25. The van der Waals surface area contributed by atoms with Gasteiger partial charge in [0.05, 0.1) is 16.0 Å². The van der Waals surface area contributed by atoms with E-state index < -0.39 is 0 Å². The van der Waals surface area contributed by atoms with Crippen LogP contribution in [0.15, 0.2) is 52.9 Å². The summed E-state index contributed by atoms with van der Waals surface area (Å²) in [5, 5.41) is 5.75. The van der Waals surface area contributed by atoms with Crippen LogP contribution in [0.3, 0.4) is 0 Å². The second-order valence-corrected chi connectivity index (χ2v) is 7.87. The van der Waals surface area contributed by atoms with Crippen LogP contribution < -0.4 is 10.6 Å². The molecule has 0 fully saturated rings. The van der Waals surface area contributed by atoms with Crippen molar-refractivity contribution in [3.63, 3.8) is 0 Å². The fraction of sp³-hybridized carbons (Fsp3) is 0.211. The molecule has 2 amide bonds. The molecule has 134 valence electrons. The number of carbonyl (C=O) groups is 2. The highest BCUT2D eigenvalue weighted by Gasteiger charge is 2.09. The molecule has 0 radical (unpaired) electrons. The van der Waals surface area contributed by atoms with Crippen molar-refractivity contribution in [2.75, 3.05) is 11.1 Å². The zero-order chi connectivity index (χ0) is 18.4. The number of nitrogens with zero attached hydrogens (tertiary/aromatic N) is 1. The summed E-state index contributed by atoms with van der Waals surface area (Å²) >= 11 is 2.94. The van der Waals surface area contributed by atoms with Gasteiger partial charge in [-0.05, 0) is 23.8 Å². The van der Waals surface area contributed by atoms with Gasteiger partial charge in [-0.3, -0.25) is 9.59 Å². The summed E-state index contributed by atoms with van der Waals surface area (Å²) < 4.78 is 1.83. The smallest absolute Gasteiger partial charge is 0.230 e. The summed E-state index contributed by atoms with van der Waals surface area (Å²) in [5.41, 5.74) is 2.72. The molecule has 0 spiro atoms. The zero-order valence-corrected chi connectivity index (χ0v) is 16.0. The number of thiazole rings is 1. The Hall–Kier alpha value is -2.38. The van der Waals surface area contributed by atoms with E-state index in [4.69, 9.17) is 0 Å².